The summed E-state index contributed by atoms with van der Waals surface area (Å²) in [6.45, 7) is 0.308. The summed E-state index contributed by atoms with van der Waals surface area (Å²) in [7, 11) is 0. The van der Waals surface area contributed by atoms with E-state index in [4.69, 9.17) is 4.74 Å². The molecular weight excluding hydrogens is 286 g/mol. The first-order valence-corrected chi connectivity index (χ1v) is 7.65. The van der Waals surface area contributed by atoms with Crippen molar-refractivity contribution in [3.63, 3.8) is 0 Å². The number of carbonyl (C=O) groups is 2. The van der Waals surface area contributed by atoms with Crippen LogP contribution in [0.2, 0.25) is 0 Å². The van der Waals surface area contributed by atoms with Gasteiger partial charge in [-0.1, -0.05) is 30.3 Å². The van der Waals surface area contributed by atoms with Gasteiger partial charge in [0.1, 0.15) is 0 Å². The van der Waals surface area contributed by atoms with Crippen molar-refractivity contribution in [2.75, 3.05) is 13.2 Å². The number of thiophene rings is 1. The third-order valence-corrected chi connectivity index (χ3v) is 3.60. The normalized spacial score (nSPS) is 10.1. The van der Waals surface area contributed by atoms with Gasteiger partial charge in [-0.3, -0.25) is 9.59 Å². The van der Waals surface area contributed by atoms with E-state index < -0.39 is 0 Å². The predicted molar refractivity (Wildman–Crippen MR) is 82.1 cm³/mol. The highest BCUT2D eigenvalue weighted by molar-refractivity contribution is 7.07. The Labute approximate surface area is 127 Å². The Bertz CT molecular complexity index is 566. The van der Waals surface area contributed by atoms with Crippen molar-refractivity contribution in [2.45, 2.75) is 12.8 Å². The molecule has 0 bridgehead atoms. The molecule has 1 heterocycles. The first-order chi connectivity index (χ1) is 10.2. The van der Waals surface area contributed by atoms with Crippen LogP contribution >= 0.6 is 11.3 Å². The zero-order chi connectivity index (χ0) is 14.9. The van der Waals surface area contributed by atoms with Crippen LogP contribution in [0.5, 0.6) is 0 Å². The number of hydrogen-bond donors (Lipinski definition) is 1. The lowest BCUT2D eigenvalue weighted by Crippen LogP contribution is -2.30. The summed E-state index contributed by atoms with van der Waals surface area (Å²) in [4.78, 5) is 23.1. The van der Waals surface area contributed by atoms with E-state index in [2.05, 4.69) is 5.32 Å². The summed E-state index contributed by atoms with van der Waals surface area (Å²) in [5.74, 6) is -0.656. The molecule has 0 saturated heterocycles. The van der Waals surface area contributed by atoms with Crippen LogP contribution in [-0.2, 0) is 27.2 Å². The van der Waals surface area contributed by atoms with E-state index in [-0.39, 0.29) is 24.9 Å². The van der Waals surface area contributed by atoms with Crippen LogP contribution in [0.1, 0.15) is 11.1 Å². The van der Waals surface area contributed by atoms with Gasteiger partial charge in [0.2, 0.25) is 0 Å². The van der Waals surface area contributed by atoms with Gasteiger partial charge in [0, 0.05) is 6.54 Å². The highest BCUT2D eigenvalue weighted by Gasteiger charge is 2.08. The Morgan fingerprint density at radius 2 is 1.90 bits per heavy atom. The predicted octanol–water partition coefficient (Wildman–Crippen LogP) is 2.19. The average Bonchev–Trinajstić information content (AvgIpc) is 2.99. The standard InChI is InChI=1S/C16H17NO3S/c18-15(17-8-6-13-4-2-1-3-5-13)11-20-16(19)10-14-7-9-21-12-14/h1-5,7,9,12H,6,8,10-11H2,(H,17,18). The molecule has 0 unspecified atom stereocenters. The van der Waals surface area contributed by atoms with Crippen LogP contribution in [0.25, 0.3) is 0 Å². The molecule has 110 valence electrons. The summed E-state index contributed by atoms with van der Waals surface area (Å²) in [5.41, 5.74) is 2.07. The number of nitrogens with one attached hydrogen (secondary N) is 1. The quantitative estimate of drug-likeness (QED) is 0.798. The van der Waals surface area contributed by atoms with Crippen LogP contribution in [0, 0.1) is 0 Å². The molecule has 0 fully saturated rings. The molecule has 1 amide bonds. The molecule has 5 heteroatoms. The number of esters is 1. The van der Waals surface area contributed by atoms with E-state index in [9.17, 15) is 9.59 Å². The maximum absolute atomic E-state index is 11.6. The summed E-state index contributed by atoms with van der Waals surface area (Å²) >= 11 is 1.53. The first kappa shape index (κ1) is 15.3. The summed E-state index contributed by atoms with van der Waals surface area (Å²) in [6, 6.07) is 11.8. The van der Waals surface area contributed by atoms with Crippen molar-refractivity contribution in [3.8, 4) is 0 Å². The molecule has 0 saturated carbocycles. The van der Waals surface area contributed by atoms with Crippen molar-refractivity contribution >= 4 is 23.2 Å². The minimum Gasteiger partial charge on any atom is -0.455 e. The zero-order valence-electron chi connectivity index (χ0n) is 11.6. The second-order valence-corrected chi connectivity index (χ2v) is 5.33. The minimum absolute atomic E-state index is 0.209. The fourth-order valence-electron chi connectivity index (χ4n) is 1.80. The Morgan fingerprint density at radius 1 is 1.10 bits per heavy atom. The van der Waals surface area contributed by atoms with Gasteiger partial charge >= 0.3 is 5.97 Å². The average molecular weight is 303 g/mol. The van der Waals surface area contributed by atoms with E-state index >= 15 is 0 Å². The molecule has 0 radical (unpaired) electrons. The molecule has 0 spiro atoms. The van der Waals surface area contributed by atoms with Crippen molar-refractivity contribution in [2.24, 2.45) is 0 Å². The third kappa shape index (κ3) is 5.79. The zero-order valence-corrected chi connectivity index (χ0v) is 12.4. The van der Waals surface area contributed by atoms with Gasteiger partial charge in [-0.05, 0) is 34.4 Å². The van der Waals surface area contributed by atoms with Gasteiger partial charge in [-0.25, -0.2) is 0 Å². The number of ether oxygens (including phenoxy) is 1. The molecule has 0 atom stereocenters. The van der Waals surface area contributed by atoms with Crippen molar-refractivity contribution in [1.82, 2.24) is 5.32 Å². The second-order valence-electron chi connectivity index (χ2n) is 4.55. The Morgan fingerprint density at radius 3 is 2.62 bits per heavy atom. The van der Waals surface area contributed by atoms with Gasteiger partial charge < -0.3 is 10.1 Å². The molecule has 1 aromatic heterocycles. The molecule has 1 aromatic carbocycles. The first-order valence-electron chi connectivity index (χ1n) is 6.71. The maximum atomic E-state index is 11.6. The number of amides is 1. The van der Waals surface area contributed by atoms with Gasteiger partial charge in [0.15, 0.2) is 6.61 Å². The second kappa shape index (κ2) is 8.21. The topological polar surface area (TPSA) is 55.4 Å². The van der Waals surface area contributed by atoms with E-state index in [1.165, 1.54) is 11.3 Å². The summed E-state index contributed by atoms with van der Waals surface area (Å²) in [5, 5.41) is 6.52. The van der Waals surface area contributed by atoms with Crippen LogP contribution in [0.3, 0.4) is 0 Å². The lowest BCUT2D eigenvalue weighted by molar-refractivity contribution is -0.147. The minimum atomic E-state index is -0.383. The number of benzene rings is 1. The van der Waals surface area contributed by atoms with Gasteiger partial charge in [0.25, 0.3) is 5.91 Å². The van der Waals surface area contributed by atoms with Crippen molar-refractivity contribution in [1.29, 1.82) is 0 Å². The Hall–Kier alpha value is -2.14. The van der Waals surface area contributed by atoms with Crippen LogP contribution in [0.15, 0.2) is 47.2 Å². The van der Waals surface area contributed by atoms with Gasteiger partial charge in [-0.15, -0.1) is 0 Å². The summed E-state index contributed by atoms with van der Waals surface area (Å²) in [6.07, 6.45) is 0.968. The molecule has 1 N–H and O–H groups in total. The fraction of sp³-hybridized carbons (Fsp3) is 0.250. The molecule has 0 aliphatic rings. The fourth-order valence-corrected chi connectivity index (χ4v) is 2.47. The van der Waals surface area contributed by atoms with E-state index in [0.29, 0.717) is 6.54 Å². The van der Waals surface area contributed by atoms with E-state index in [1.54, 1.807) is 0 Å². The largest absolute Gasteiger partial charge is 0.455 e. The molecule has 4 nitrogen and oxygen atoms in total. The van der Waals surface area contributed by atoms with E-state index in [1.807, 2.05) is 47.2 Å². The number of hydrogen-bond acceptors (Lipinski definition) is 4. The molecule has 21 heavy (non-hydrogen) atoms. The van der Waals surface area contributed by atoms with Crippen LogP contribution < -0.4 is 5.32 Å². The molecule has 2 rings (SSSR count). The lowest BCUT2D eigenvalue weighted by Gasteiger charge is -2.06. The molecule has 0 aliphatic heterocycles. The Balaban J connectivity index is 1.60. The summed E-state index contributed by atoms with van der Waals surface area (Å²) < 4.78 is 4.93. The van der Waals surface area contributed by atoms with Crippen molar-refractivity contribution < 1.29 is 14.3 Å². The molecular formula is C16H17NO3S. The number of rotatable bonds is 7. The number of carbonyl (C=O) groups excluding carboxylic acids is 2. The molecule has 2 aromatic rings. The third-order valence-electron chi connectivity index (χ3n) is 2.87. The van der Waals surface area contributed by atoms with Gasteiger partial charge in [0.05, 0.1) is 6.42 Å². The highest BCUT2D eigenvalue weighted by atomic mass is 32.1. The monoisotopic (exact) mass is 303 g/mol. The maximum Gasteiger partial charge on any atom is 0.310 e. The highest BCUT2D eigenvalue weighted by Crippen LogP contribution is 2.07. The Kier molecular flexibility index (Phi) is 5.97. The molecule has 0 aliphatic carbocycles. The van der Waals surface area contributed by atoms with Gasteiger partial charge in [-0.2, -0.15) is 11.3 Å². The smallest absolute Gasteiger partial charge is 0.310 e. The SMILES string of the molecule is O=C(COC(=O)Cc1ccsc1)NCCc1ccccc1. The van der Waals surface area contributed by atoms with Crippen LogP contribution in [-0.4, -0.2) is 25.0 Å². The van der Waals surface area contributed by atoms with Crippen molar-refractivity contribution in [3.05, 3.63) is 58.3 Å². The van der Waals surface area contributed by atoms with Crippen LogP contribution in [0.4, 0.5) is 0 Å². The lowest BCUT2D eigenvalue weighted by atomic mass is 10.1. The van der Waals surface area contributed by atoms with E-state index in [0.717, 1.165) is 17.5 Å².